The molecule has 0 aromatic heterocycles. The van der Waals surface area contributed by atoms with E-state index in [4.69, 9.17) is 5.11 Å². The number of benzene rings is 2. The first-order valence-corrected chi connectivity index (χ1v) is 7.12. The molecule has 0 atom stereocenters. The molecule has 124 valence electrons. The molecule has 0 aliphatic heterocycles. The smallest absolute Gasteiger partial charge is 0.271 e. The van der Waals surface area contributed by atoms with E-state index in [-0.39, 0.29) is 23.9 Å². The van der Waals surface area contributed by atoms with Gasteiger partial charge in [-0.2, -0.15) is 5.10 Å². The highest BCUT2D eigenvalue weighted by molar-refractivity contribution is 6.06. The zero-order chi connectivity index (χ0) is 17.5. The minimum Gasteiger partial charge on any atom is -0.508 e. The first-order valence-electron chi connectivity index (χ1n) is 7.12. The molecular formula is C17H16FN3O3. The summed E-state index contributed by atoms with van der Waals surface area (Å²) in [5.74, 6) is -1.11. The third-order valence-electron chi connectivity index (χ3n) is 3.02. The molecule has 2 aromatic carbocycles. The van der Waals surface area contributed by atoms with Gasteiger partial charge < -0.3 is 10.4 Å². The Morgan fingerprint density at radius 2 is 1.71 bits per heavy atom. The molecule has 0 saturated carbocycles. The number of hydrogen-bond acceptors (Lipinski definition) is 4. The molecule has 0 saturated heterocycles. The molecule has 2 rings (SSSR count). The van der Waals surface area contributed by atoms with E-state index in [0.29, 0.717) is 17.0 Å². The number of nitrogens with zero attached hydrogens (tertiary/aromatic N) is 1. The fourth-order valence-electron chi connectivity index (χ4n) is 1.83. The van der Waals surface area contributed by atoms with Crippen LogP contribution in [0.25, 0.3) is 0 Å². The van der Waals surface area contributed by atoms with Crippen molar-refractivity contribution >= 4 is 23.2 Å². The third kappa shape index (κ3) is 5.20. The Balaban J connectivity index is 1.86. The highest BCUT2D eigenvalue weighted by Gasteiger charge is 2.07. The first-order chi connectivity index (χ1) is 11.4. The number of amides is 2. The molecule has 7 heteroatoms. The molecule has 0 aliphatic rings. The summed E-state index contributed by atoms with van der Waals surface area (Å²) in [5.41, 5.74) is 3.54. The summed E-state index contributed by atoms with van der Waals surface area (Å²) in [4.78, 5) is 23.7. The second kappa shape index (κ2) is 7.87. The minimum absolute atomic E-state index is 0.0206. The van der Waals surface area contributed by atoms with Crippen LogP contribution in [0.1, 0.15) is 23.7 Å². The fraction of sp³-hybridized carbons (Fsp3) is 0.118. The van der Waals surface area contributed by atoms with Crippen LogP contribution in [0.15, 0.2) is 53.6 Å². The molecule has 2 amide bonds. The Bertz CT molecular complexity index is 756. The van der Waals surface area contributed by atoms with Gasteiger partial charge in [-0.1, -0.05) is 0 Å². The Kier molecular flexibility index (Phi) is 5.62. The summed E-state index contributed by atoms with van der Waals surface area (Å²) in [6.45, 7) is 1.60. The zero-order valence-corrected chi connectivity index (χ0v) is 12.9. The maximum Gasteiger partial charge on any atom is 0.271 e. The average Bonchev–Trinajstić information content (AvgIpc) is 2.55. The summed E-state index contributed by atoms with van der Waals surface area (Å²) in [5, 5.41) is 15.6. The molecule has 0 aliphatic carbocycles. The highest BCUT2D eigenvalue weighted by Crippen LogP contribution is 2.10. The summed E-state index contributed by atoms with van der Waals surface area (Å²) in [6, 6.07) is 11.1. The number of halogens is 1. The van der Waals surface area contributed by atoms with E-state index in [0.717, 1.165) is 0 Å². The van der Waals surface area contributed by atoms with Crippen LogP contribution in [0.4, 0.5) is 10.1 Å². The van der Waals surface area contributed by atoms with E-state index in [1.165, 1.54) is 48.5 Å². The molecule has 0 spiro atoms. The highest BCUT2D eigenvalue weighted by atomic mass is 19.1. The van der Waals surface area contributed by atoms with Crippen LogP contribution < -0.4 is 10.7 Å². The molecule has 3 N–H and O–H groups in total. The standard InChI is InChI=1S/C17H16FN3O3/c1-11(10-16(23)19-14-6-4-13(18)5-7-14)20-21-17(24)12-2-8-15(22)9-3-12/h2-9,22H,10H2,1H3,(H,19,23)(H,21,24). The number of aromatic hydroxyl groups is 1. The molecule has 2 aromatic rings. The molecule has 0 bridgehead atoms. The number of rotatable bonds is 5. The van der Waals surface area contributed by atoms with Gasteiger partial charge in [0.2, 0.25) is 5.91 Å². The lowest BCUT2D eigenvalue weighted by Gasteiger charge is -2.05. The number of phenolic OH excluding ortho intramolecular Hbond substituents is 1. The van der Waals surface area contributed by atoms with E-state index in [2.05, 4.69) is 15.8 Å². The van der Waals surface area contributed by atoms with Crippen molar-refractivity contribution in [3.05, 3.63) is 59.9 Å². The quantitative estimate of drug-likeness (QED) is 0.582. The van der Waals surface area contributed by atoms with Gasteiger partial charge in [0.05, 0.1) is 6.42 Å². The van der Waals surface area contributed by atoms with Crippen LogP contribution >= 0.6 is 0 Å². The van der Waals surface area contributed by atoms with Gasteiger partial charge in [0.15, 0.2) is 0 Å². The maximum absolute atomic E-state index is 12.8. The van der Waals surface area contributed by atoms with E-state index >= 15 is 0 Å². The monoisotopic (exact) mass is 329 g/mol. The van der Waals surface area contributed by atoms with Gasteiger partial charge in [0.25, 0.3) is 5.91 Å². The van der Waals surface area contributed by atoms with Gasteiger partial charge in [0.1, 0.15) is 11.6 Å². The van der Waals surface area contributed by atoms with Gasteiger partial charge in [-0.05, 0) is 55.5 Å². The van der Waals surface area contributed by atoms with Gasteiger partial charge in [-0.25, -0.2) is 9.82 Å². The zero-order valence-electron chi connectivity index (χ0n) is 12.9. The summed E-state index contributed by atoms with van der Waals surface area (Å²) in [7, 11) is 0. The molecule has 0 radical (unpaired) electrons. The number of anilines is 1. The molecule has 0 unspecified atom stereocenters. The molecule has 0 heterocycles. The summed E-state index contributed by atoms with van der Waals surface area (Å²) in [6.07, 6.45) is -0.0206. The van der Waals surface area contributed by atoms with Crippen molar-refractivity contribution in [1.82, 2.24) is 5.43 Å². The van der Waals surface area contributed by atoms with Crippen molar-refractivity contribution in [2.24, 2.45) is 5.10 Å². The predicted molar refractivity (Wildman–Crippen MR) is 88.3 cm³/mol. The number of phenols is 1. The van der Waals surface area contributed by atoms with Crippen molar-refractivity contribution in [1.29, 1.82) is 0 Å². The van der Waals surface area contributed by atoms with Gasteiger partial charge >= 0.3 is 0 Å². The minimum atomic E-state index is -0.451. The average molecular weight is 329 g/mol. The van der Waals surface area contributed by atoms with E-state index in [9.17, 15) is 14.0 Å². The second-order valence-corrected chi connectivity index (χ2v) is 5.07. The lowest BCUT2D eigenvalue weighted by Crippen LogP contribution is -2.21. The van der Waals surface area contributed by atoms with Crippen LogP contribution in [0.2, 0.25) is 0 Å². The van der Waals surface area contributed by atoms with Crippen LogP contribution in [0, 0.1) is 5.82 Å². The molecule has 24 heavy (non-hydrogen) atoms. The van der Waals surface area contributed by atoms with Crippen molar-refractivity contribution in [2.45, 2.75) is 13.3 Å². The number of carbonyl (C=O) groups excluding carboxylic acids is 2. The van der Waals surface area contributed by atoms with Gasteiger partial charge in [-0.15, -0.1) is 0 Å². The van der Waals surface area contributed by atoms with Crippen LogP contribution in [-0.2, 0) is 4.79 Å². The molecular weight excluding hydrogens is 313 g/mol. The van der Waals surface area contributed by atoms with E-state index < -0.39 is 5.91 Å². The number of hydrogen-bond donors (Lipinski definition) is 3. The summed E-state index contributed by atoms with van der Waals surface area (Å²) < 4.78 is 12.8. The van der Waals surface area contributed by atoms with Gasteiger partial charge in [-0.3, -0.25) is 9.59 Å². The van der Waals surface area contributed by atoms with E-state index in [1.54, 1.807) is 6.92 Å². The Morgan fingerprint density at radius 3 is 2.33 bits per heavy atom. The predicted octanol–water partition coefficient (Wildman–Crippen LogP) is 2.67. The molecule has 6 nitrogen and oxygen atoms in total. The fourth-order valence-corrected chi connectivity index (χ4v) is 1.83. The Morgan fingerprint density at radius 1 is 1.08 bits per heavy atom. The summed E-state index contributed by atoms with van der Waals surface area (Å²) >= 11 is 0. The topological polar surface area (TPSA) is 90.8 Å². The third-order valence-corrected chi connectivity index (χ3v) is 3.02. The maximum atomic E-state index is 12.8. The lowest BCUT2D eigenvalue weighted by molar-refractivity contribution is -0.115. The van der Waals surface area contributed by atoms with Gasteiger partial charge in [0, 0.05) is 17.0 Å². The van der Waals surface area contributed by atoms with Crippen molar-refractivity contribution in [2.75, 3.05) is 5.32 Å². The SMILES string of the molecule is CC(CC(=O)Nc1ccc(F)cc1)=NNC(=O)c1ccc(O)cc1. The normalized spacial score (nSPS) is 11.0. The largest absolute Gasteiger partial charge is 0.508 e. The van der Waals surface area contributed by atoms with Crippen LogP contribution in [0.3, 0.4) is 0 Å². The van der Waals surface area contributed by atoms with Crippen molar-refractivity contribution in [3.63, 3.8) is 0 Å². The number of nitrogens with one attached hydrogen (secondary N) is 2. The van der Waals surface area contributed by atoms with E-state index in [1.807, 2.05) is 0 Å². The Hall–Kier alpha value is -3.22. The lowest BCUT2D eigenvalue weighted by atomic mass is 10.2. The number of hydrazone groups is 1. The second-order valence-electron chi connectivity index (χ2n) is 5.07. The first kappa shape index (κ1) is 17.1. The number of carbonyl (C=O) groups is 2. The van der Waals surface area contributed by atoms with Crippen LogP contribution in [-0.4, -0.2) is 22.6 Å². The molecule has 0 fully saturated rings. The van der Waals surface area contributed by atoms with Crippen molar-refractivity contribution in [3.8, 4) is 5.75 Å². The Labute approximate surface area is 138 Å². The van der Waals surface area contributed by atoms with Crippen LogP contribution in [0.5, 0.6) is 5.75 Å². The van der Waals surface area contributed by atoms with Crippen molar-refractivity contribution < 1.29 is 19.1 Å².